The topological polar surface area (TPSA) is 79.5 Å². The Bertz CT molecular complexity index is 1190. The highest BCUT2D eigenvalue weighted by molar-refractivity contribution is 7.89. The number of rotatable bonds is 8. The highest BCUT2D eigenvalue weighted by Gasteiger charge is 2.28. The Morgan fingerprint density at radius 2 is 1.47 bits per heavy atom. The number of ether oxygens (including phenoxy) is 1. The van der Waals surface area contributed by atoms with Gasteiger partial charge in [-0.05, 0) is 57.9 Å². The average Bonchev–Trinajstić information content (AvgIpc) is 3.02. The number of sulfonamides is 1. The average molecular weight is 455 g/mol. The maximum Gasteiger partial charge on any atom is 0.340 e. The van der Waals surface area contributed by atoms with Gasteiger partial charge in [0, 0.05) is 17.9 Å². The van der Waals surface area contributed by atoms with Gasteiger partial charge in [0.1, 0.15) is 0 Å². The fraction of sp³-hybridized carbons (Fsp3) is 0.320. The largest absolute Gasteiger partial charge is 0.462 e. The van der Waals surface area contributed by atoms with Gasteiger partial charge in [-0.25, -0.2) is 13.2 Å². The quantitative estimate of drug-likeness (QED) is 0.495. The fourth-order valence-corrected chi connectivity index (χ4v) is 5.04. The lowest BCUT2D eigenvalue weighted by Crippen LogP contribution is -2.30. The van der Waals surface area contributed by atoms with Crippen molar-refractivity contribution in [3.8, 4) is 0 Å². The van der Waals surface area contributed by atoms with E-state index in [2.05, 4.69) is 4.98 Å². The van der Waals surface area contributed by atoms with Gasteiger partial charge in [-0.3, -0.25) is 0 Å². The number of hydrogen-bond donors (Lipinski definition) is 1. The molecule has 0 saturated heterocycles. The molecule has 3 rings (SSSR count). The molecule has 1 N–H and O–H groups in total. The molecule has 0 spiro atoms. The lowest BCUT2D eigenvalue weighted by molar-refractivity contribution is 0.0525. The molecule has 0 fully saturated rings. The Labute approximate surface area is 190 Å². The third kappa shape index (κ3) is 5.11. The SMILES string of the molecule is CCOC(=O)c1c(C)[nH]c(CN(Cc2ccc(C)cc2)S(=O)(=O)c2ccc(C)cc2)c1C. The summed E-state index contributed by atoms with van der Waals surface area (Å²) in [5.41, 5.74) is 5.49. The van der Waals surface area contributed by atoms with Crippen molar-refractivity contribution in [2.75, 3.05) is 6.61 Å². The van der Waals surface area contributed by atoms with Gasteiger partial charge in [0.15, 0.2) is 0 Å². The van der Waals surface area contributed by atoms with Crippen LogP contribution in [0.4, 0.5) is 0 Å². The number of H-pyrrole nitrogens is 1. The molecule has 0 unspecified atom stereocenters. The zero-order valence-electron chi connectivity index (χ0n) is 19.2. The van der Waals surface area contributed by atoms with Gasteiger partial charge < -0.3 is 9.72 Å². The predicted molar refractivity (Wildman–Crippen MR) is 125 cm³/mol. The molecule has 1 heterocycles. The van der Waals surface area contributed by atoms with E-state index in [1.165, 1.54) is 4.31 Å². The van der Waals surface area contributed by atoms with E-state index in [-0.39, 0.29) is 24.6 Å². The smallest absolute Gasteiger partial charge is 0.340 e. The summed E-state index contributed by atoms with van der Waals surface area (Å²) < 4.78 is 33.8. The Balaban J connectivity index is 2.01. The van der Waals surface area contributed by atoms with Crippen molar-refractivity contribution in [2.24, 2.45) is 0 Å². The zero-order chi connectivity index (χ0) is 23.5. The van der Waals surface area contributed by atoms with Crippen LogP contribution < -0.4 is 0 Å². The second-order valence-electron chi connectivity index (χ2n) is 8.02. The molecule has 0 bridgehead atoms. The molecule has 0 atom stereocenters. The maximum atomic E-state index is 13.6. The standard InChI is InChI=1S/C25H30N2O4S/c1-6-31-25(28)24-19(4)23(26-20(24)5)16-27(15-21-11-7-17(2)8-12-21)32(29,30)22-13-9-18(3)10-14-22/h7-14,26H,6,15-16H2,1-5H3. The van der Waals surface area contributed by atoms with Gasteiger partial charge in [-0.1, -0.05) is 47.5 Å². The molecule has 0 radical (unpaired) electrons. The first-order chi connectivity index (χ1) is 15.1. The summed E-state index contributed by atoms with van der Waals surface area (Å²) in [6, 6.07) is 14.6. The Kier molecular flexibility index (Phi) is 7.21. The highest BCUT2D eigenvalue weighted by atomic mass is 32.2. The third-order valence-corrected chi connectivity index (χ3v) is 7.30. The number of benzene rings is 2. The van der Waals surface area contributed by atoms with Crippen LogP contribution in [0.2, 0.25) is 0 Å². The van der Waals surface area contributed by atoms with E-state index < -0.39 is 16.0 Å². The van der Waals surface area contributed by atoms with E-state index in [1.54, 1.807) is 38.1 Å². The van der Waals surface area contributed by atoms with Crippen molar-refractivity contribution in [1.82, 2.24) is 9.29 Å². The molecule has 0 aliphatic rings. The van der Waals surface area contributed by atoms with E-state index in [9.17, 15) is 13.2 Å². The number of nitrogens with one attached hydrogen (secondary N) is 1. The lowest BCUT2D eigenvalue weighted by atomic mass is 10.1. The first kappa shape index (κ1) is 23.8. The molecule has 2 aromatic carbocycles. The van der Waals surface area contributed by atoms with E-state index in [0.29, 0.717) is 22.5 Å². The number of aromatic amines is 1. The summed E-state index contributed by atoms with van der Waals surface area (Å²) in [6.07, 6.45) is 0. The molecule has 0 amide bonds. The summed E-state index contributed by atoms with van der Waals surface area (Å²) in [4.78, 5) is 15.8. The second kappa shape index (κ2) is 9.71. The summed E-state index contributed by atoms with van der Waals surface area (Å²) in [6.45, 7) is 9.87. The number of nitrogens with zero attached hydrogens (tertiary/aromatic N) is 1. The van der Waals surface area contributed by atoms with Crippen molar-refractivity contribution in [3.63, 3.8) is 0 Å². The minimum atomic E-state index is -3.78. The van der Waals surface area contributed by atoms with Crippen LogP contribution in [0, 0.1) is 27.7 Å². The van der Waals surface area contributed by atoms with E-state index >= 15 is 0 Å². The van der Waals surface area contributed by atoms with Crippen molar-refractivity contribution in [2.45, 2.75) is 52.6 Å². The van der Waals surface area contributed by atoms with Crippen LogP contribution in [-0.4, -0.2) is 30.3 Å². The third-order valence-electron chi connectivity index (χ3n) is 5.49. The molecule has 7 heteroatoms. The molecule has 32 heavy (non-hydrogen) atoms. The minimum absolute atomic E-state index is 0.107. The second-order valence-corrected chi connectivity index (χ2v) is 9.96. The van der Waals surface area contributed by atoms with Crippen LogP contribution in [0.1, 0.15) is 50.9 Å². The normalized spacial score (nSPS) is 11.7. The number of hydrogen-bond acceptors (Lipinski definition) is 4. The first-order valence-corrected chi connectivity index (χ1v) is 12.0. The molecular formula is C25H30N2O4S. The Morgan fingerprint density at radius 3 is 2.03 bits per heavy atom. The van der Waals surface area contributed by atoms with Gasteiger partial charge in [0.2, 0.25) is 10.0 Å². The molecule has 0 saturated carbocycles. The minimum Gasteiger partial charge on any atom is -0.462 e. The van der Waals surface area contributed by atoms with Crippen LogP contribution in [0.5, 0.6) is 0 Å². The van der Waals surface area contributed by atoms with Gasteiger partial charge in [0.25, 0.3) is 0 Å². The van der Waals surface area contributed by atoms with Crippen molar-refractivity contribution in [3.05, 3.63) is 87.7 Å². The van der Waals surface area contributed by atoms with Crippen LogP contribution in [-0.2, 0) is 27.8 Å². The zero-order valence-corrected chi connectivity index (χ0v) is 20.0. The van der Waals surface area contributed by atoms with Gasteiger partial charge >= 0.3 is 5.97 Å². The number of aromatic nitrogens is 1. The molecular weight excluding hydrogens is 424 g/mol. The van der Waals surface area contributed by atoms with E-state index in [4.69, 9.17) is 4.74 Å². The molecule has 0 aliphatic carbocycles. The summed E-state index contributed by atoms with van der Waals surface area (Å²) >= 11 is 0. The molecule has 170 valence electrons. The number of carbonyl (C=O) groups excluding carboxylic acids is 1. The number of carbonyl (C=O) groups is 1. The maximum absolute atomic E-state index is 13.6. The predicted octanol–water partition coefficient (Wildman–Crippen LogP) is 4.82. The number of esters is 1. The van der Waals surface area contributed by atoms with Crippen LogP contribution in [0.15, 0.2) is 53.4 Å². The summed E-state index contributed by atoms with van der Waals surface area (Å²) in [5.74, 6) is -0.406. The van der Waals surface area contributed by atoms with Gasteiger partial charge in [-0.15, -0.1) is 0 Å². The van der Waals surface area contributed by atoms with Crippen LogP contribution in [0.3, 0.4) is 0 Å². The summed E-state index contributed by atoms with van der Waals surface area (Å²) in [5, 5.41) is 0. The van der Waals surface area contributed by atoms with Gasteiger partial charge in [0.05, 0.1) is 23.6 Å². The Morgan fingerprint density at radius 1 is 0.906 bits per heavy atom. The van der Waals surface area contributed by atoms with E-state index in [1.807, 2.05) is 45.0 Å². The first-order valence-electron chi connectivity index (χ1n) is 10.6. The Hall–Kier alpha value is -2.90. The number of aryl methyl sites for hydroxylation is 3. The molecule has 0 aliphatic heterocycles. The highest BCUT2D eigenvalue weighted by Crippen LogP contribution is 2.25. The van der Waals surface area contributed by atoms with Crippen LogP contribution in [0.25, 0.3) is 0 Å². The monoisotopic (exact) mass is 454 g/mol. The van der Waals surface area contributed by atoms with Crippen molar-refractivity contribution >= 4 is 16.0 Å². The lowest BCUT2D eigenvalue weighted by Gasteiger charge is -2.23. The van der Waals surface area contributed by atoms with Gasteiger partial charge in [-0.2, -0.15) is 4.31 Å². The molecule has 1 aromatic heterocycles. The van der Waals surface area contributed by atoms with Crippen LogP contribution >= 0.6 is 0 Å². The van der Waals surface area contributed by atoms with E-state index in [0.717, 1.165) is 16.7 Å². The molecule has 3 aromatic rings. The molecule has 6 nitrogen and oxygen atoms in total. The summed E-state index contributed by atoms with van der Waals surface area (Å²) in [7, 11) is -3.78. The fourth-order valence-electron chi connectivity index (χ4n) is 3.64. The van der Waals surface area contributed by atoms with Crippen molar-refractivity contribution in [1.29, 1.82) is 0 Å². The van der Waals surface area contributed by atoms with Crippen molar-refractivity contribution < 1.29 is 17.9 Å².